The molecule has 0 radical (unpaired) electrons. The van der Waals surface area contributed by atoms with Crippen LogP contribution in [-0.4, -0.2) is 19.8 Å². The Balaban J connectivity index is 2.92. The molecule has 0 amide bonds. The lowest BCUT2D eigenvalue weighted by molar-refractivity contribution is -0.451. The summed E-state index contributed by atoms with van der Waals surface area (Å²) in [4.78, 5) is 0.449. The molecule has 18 heavy (non-hydrogen) atoms. The van der Waals surface area contributed by atoms with Crippen molar-refractivity contribution < 1.29 is 13.3 Å². The average molecular weight is 269 g/mol. The Labute approximate surface area is 106 Å². The van der Waals surface area contributed by atoms with Crippen LogP contribution in [0.3, 0.4) is 0 Å². The number of sulfonamides is 1. The van der Waals surface area contributed by atoms with Crippen LogP contribution in [0.15, 0.2) is 47.1 Å². The normalized spacial score (nSPS) is 12.4. The number of benzene rings is 1. The Bertz CT molecular complexity index is 535. The van der Waals surface area contributed by atoms with E-state index < -0.39 is 10.0 Å². The van der Waals surface area contributed by atoms with E-state index in [2.05, 4.69) is 16.4 Å². The number of nitrogens with zero attached hydrogens (tertiary/aromatic N) is 2. The maximum Gasteiger partial charge on any atom is 0.240 e. The summed E-state index contributed by atoms with van der Waals surface area (Å²) >= 11 is 0. The van der Waals surface area contributed by atoms with Gasteiger partial charge in [0.2, 0.25) is 16.2 Å². The van der Waals surface area contributed by atoms with Crippen molar-refractivity contribution in [1.82, 2.24) is 4.72 Å². The lowest BCUT2D eigenvalue weighted by Gasteiger charge is -2.04. The molecule has 0 aromatic heterocycles. The Morgan fingerprint density at radius 3 is 2.56 bits per heavy atom. The van der Waals surface area contributed by atoms with Crippen LogP contribution in [0.2, 0.25) is 0 Å². The first kappa shape index (κ1) is 14.3. The first-order valence-electron chi connectivity index (χ1n) is 5.40. The molecule has 0 bridgehead atoms. The second kappa shape index (κ2) is 6.27. The van der Waals surface area contributed by atoms with E-state index >= 15 is 0 Å². The van der Waals surface area contributed by atoms with Crippen molar-refractivity contribution in [2.75, 3.05) is 6.54 Å². The number of hydrogen-bond donors (Lipinski definition) is 1. The van der Waals surface area contributed by atoms with E-state index in [-0.39, 0.29) is 4.90 Å². The van der Waals surface area contributed by atoms with Crippen LogP contribution in [0, 0.1) is 5.21 Å². The molecule has 98 valence electrons. The van der Waals surface area contributed by atoms with E-state index in [4.69, 9.17) is 0 Å². The van der Waals surface area contributed by atoms with Crippen LogP contribution < -0.4 is 4.72 Å². The van der Waals surface area contributed by atoms with Crippen molar-refractivity contribution in [2.24, 2.45) is 5.11 Å². The Morgan fingerprint density at radius 2 is 2.06 bits per heavy atom. The molecule has 6 nitrogen and oxygen atoms in total. The number of hydroxylamine groups is 1. The zero-order valence-corrected chi connectivity index (χ0v) is 10.9. The van der Waals surface area contributed by atoms with Gasteiger partial charge in [0.1, 0.15) is 5.69 Å². The summed E-state index contributed by atoms with van der Waals surface area (Å²) in [5, 5.41) is 14.5. The van der Waals surface area contributed by atoms with Gasteiger partial charge in [-0.15, -0.1) is 0 Å². The molecule has 1 aromatic carbocycles. The topological polar surface area (TPSA) is 84.6 Å². The van der Waals surface area contributed by atoms with Gasteiger partial charge in [-0.25, -0.2) is 13.1 Å². The molecule has 0 aliphatic heterocycles. The molecule has 1 N–H and O–H groups in total. The first-order valence-corrected chi connectivity index (χ1v) is 6.88. The van der Waals surface area contributed by atoms with Crippen LogP contribution in [0.1, 0.15) is 13.3 Å². The number of rotatable bonds is 6. The molecule has 0 saturated heterocycles. The highest BCUT2D eigenvalue weighted by Crippen LogP contribution is 2.16. The second-order valence-corrected chi connectivity index (χ2v) is 5.24. The van der Waals surface area contributed by atoms with E-state index in [1.807, 2.05) is 6.92 Å². The second-order valence-electron chi connectivity index (χ2n) is 3.48. The van der Waals surface area contributed by atoms with Crippen molar-refractivity contribution in [3.63, 3.8) is 0 Å². The quantitative estimate of drug-likeness (QED) is 0.487. The predicted octanol–water partition coefficient (Wildman–Crippen LogP) is 2.11. The van der Waals surface area contributed by atoms with Crippen LogP contribution in [0.25, 0.3) is 0 Å². The SMILES string of the molecule is C=C[N+]([O-])=Nc1ccc(S(=O)(=O)NCCC)cc1. The predicted molar refractivity (Wildman–Crippen MR) is 67.8 cm³/mol. The zero-order valence-electron chi connectivity index (χ0n) is 10.0. The highest BCUT2D eigenvalue weighted by molar-refractivity contribution is 7.89. The molecule has 1 rings (SSSR count). The summed E-state index contributed by atoms with van der Waals surface area (Å²) in [6.07, 6.45) is 1.73. The summed E-state index contributed by atoms with van der Waals surface area (Å²) in [6, 6.07) is 5.70. The van der Waals surface area contributed by atoms with Crippen molar-refractivity contribution in [1.29, 1.82) is 0 Å². The van der Waals surface area contributed by atoms with Gasteiger partial charge in [-0.2, -0.15) is 0 Å². The highest BCUT2D eigenvalue weighted by atomic mass is 32.2. The lowest BCUT2D eigenvalue weighted by Crippen LogP contribution is -2.24. The molecular weight excluding hydrogens is 254 g/mol. The van der Waals surface area contributed by atoms with Gasteiger partial charge in [0.15, 0.2) is 0 Å². The maximum absolute atomic E-state index is 11.8. The zero-order chi connectivity index (χ0) is 13.6. The summed E-state index contributed by atoms with van der Waals surface area (Å²) < 4.78 is 26.0. The van der Waals surface area contributed by atoms with Crippen LogP contribution >= 0.6 is 0 Å². The molecule has 0 spiro atoms. The van der Waals surface area contributed by atoms with Gasteiger partial charge in [-0.1, -0.05) is 11.8 Å². The third-order valence-electron chi connectivity index (χ3n) is 2.06. The monoisotopic (exact) mass is 269 g/mol. The van der Waals surface area contributed by atoms with E-state index in [1.54, 1.807) is 0 Å². The standard InChI is InChI=1S/C11H15N3O3S/c1-3-9-12-18(16,17)11-7-5-10(6-8-11)13-14(15)4-2/h4-8,12H,2-3,9H2,1H3. The third kappa shape index (κ3) is 3.94. The average Bonchev–Trinajstić information content (AvgIpc) is 2.37. The molecule has 0 atom stereocenters. The van der Waals surface area contributed by atoms with Crippen molar-refractivity contribution in [2.45, 2.75) is 18.2 Å². The summed E-state index contributed by atoms with van der Waals surface area (Å²) in [5.41, 5.74) is 0.361. The maximum atomic E-state index is 11.8. The number of hydrogen-bond acceptors (Lipinski definition) is 4. The summed E-state index contributed by atoms with van der Waals surface area (Å²) in [7, 11) is -3.48. The fraction of sp³-hybridized carbons (Fsp3) is 0.273. The molecule has 0 unspecified atom stereocenters. The van der Waals surface area contributed by atoms with E-state index in [9.17, 15) is 13.6 Å². The van der Waals surface area contributed by atoms with Gasteiger partial charge in [0.25, 0.3) is 0 Å². The molecular formula is C11H15N3O3S. The Morgan fingerprint density at radius 1 is 1.44 bits per heavy atom. The number of nitrogens with one attached hydrogen (secondary N) is 1. The van der Waals surface area contributed by atoms with Gasteiger partial charge < -0.3 is 5.21 Å². The molecule has 7 heteroatoms. The first-order chi connectivity index (χ1) is 8.49. The highest BCUT2D eigenvalue weighted by Gasteiger charge is 2.12. The Kier molecular flexibility index (Phi) is 4.99. The van der Waals surface area contributed by atoms with Crippen LogP contribution in [-0.2, 0) is 10.0 Å². The summed E-state index contributed by atoms with van der Waals surface area (Å²) in [5.74, 6) is 0. The minimum atomic E-state index is -3.48. The summed E-state index contributed by atoms with van der Waals surface area (Å²) in [6.45, 7) is 5.53. The van der Waals surface area contributed by atoms with Crippen molar-refractivity contribution in [3.05, 3.63) is 42.3 Å². The number of azo groups is 1. The largest absolute Gasteiger partial charge is 0.594 e. The third-order valence-corrected chi connectivity index (χ3v) is 3.54. The smallest absolute Gasteiger partial charge is 0.240 e. The van der Waals surface area contributed by atoms with Gasteiger partial charge in [-0.05, 0) is 37.3 Å². The fourth-order valence-electron chi connectivity index (χ4n) is 1.17. The van der Waals surface area contributed by atoms with Gasteiger partial charge in [0.05, 0.1) is 4.90 Å². The van der Waals surface area contributed by atoms with Crippen LogP contribution in [0.4, 0.5) is 5.69 Å². The van der Waals surface area contributed by atoms with Crippen LogP contribution in [0.5, 0.6) is 0 Å². The lowest BCUT2D eigenvalue weighted by atomic mass is 10.3. The fourth-order valence-corrected chi connectivity index (χ4v) is 2.30. The van der Waals surface area contributed by atoms with Crippen molar-refractivity contribution >= 4 is 15.7 Å². The van der Waals surface area contributed by atoms with Crippen molar-refractivity contribution in [3.8, 4) is 0 Å². The van der Waals surface area contributed by atoms with E-state index in [0.29, 0.717) is 17.1 Å². The minimum Gasteiger partial charge on any atom is -0.594 e. The van der Waals surface area contributed by atoms with Gasteiger partial charge in [-0.3, -0.25) is 0 Å². The van der Waals surface area contributed by atoms with Gasteiger partial charge >= 0.3 is 0 Å². The molecule has 0 heterocycles. The van der Waals surface area contributed by atoms with Gasteiger partial charge in [0, 0.05) is 11.7 Å². The molecule has 0 fully saturated rings. The molecule has 0 aliphatic rings. The molecule has 1 aromatic rings. The van der Waals surface area contributed by atoms with E-state index in [0.717, 1.165) is 12.6 Å². The molecule has 0 saturated carbocycles. The molecule has 0 aliphatic carbocycles. The Hall–Kier alpha value is -1.73. The van der Waals surface area contributed by atoms with E-state index in [1.165, 1.54) is 24.3 Å². The minimum absolute atomic E-state index is 0.144.